The maximum absolute atomic E-state index is 13.1. The fraction of sp³-hybridized carbons (Fsp3) is 0.467. The molecule has 0 unspecified atom stereocenters. The van der Waals surface area contributed by atoms with Crippen LogP contribution < -0.4 is 10.2 Å². The van der Waals surface area contributed by atoms with E-state index in [2.05, 4.69) is 5.32 Å². The first-order valence-corrected chi connectivity index (χ1v) is 7.31. The highest BCUT2D eigenvalue weighted by molar-refractivity contribution is 6.30. The van der Waals surface area contributed by atoms with Crippen LogP contribution in [-0.2, 0) is 15.8 Å². The van der Waals surface area contributed by atoms with Crippen LogP contribution in [0, 0.1) is 5.92 Å². The number of carbonyl (C=O) groups excluding carboxylic acids is 2. The van der Waals surface area contributed by atoms with Gasteiger partial charge in [0, 0.05) is 18.5 Å². The maximum Gasteiger partial charge on any atom is 0.418 e. The van der Waals surface area contributed by atoms with Crippen LogP contribution in [0.5, 0.6) is 0 Å². The lowest BCUT2D eigenvalue weighted by atomic mass is 10.1. The van der Waals surface area contributed by atoms with Crippen molar-refractivity contribution in [1.29, 1.82) is 0 Å². The van der Waals surface area contributed by atoms with Gasteiger partial charge in [-0.1, -0.05) is 25.4 Å². The Balaban J connectivity index is 3.12. The minimum atomic E-state index is -4.69. The second-order valence-electron chi connectivity index (χ2n) is 5.46. The van der Waals surface area contributed by atoms with Crippen LogP contribution in [0.3, 0.4) is 0 Å². The van der Waals surface area contributed by atoms with Crippen LogP contribution in [-0.4, -0.2) is 24.9 Å². The average Bonchev–Trinajstić information content (AvgIpc) is 2.41. The van der Waals surface area contributed by atoms with Gasteiger partial charge in [-0.15, -0.1) is 0 Å². The lowest BCUT2D eigenvalue weighted by Gasteiger charge is -2.24. The third-order valence-electron chi connectivity index (χ3n) is 2.94. The van der Waals surface area contributed by atoms with Gasteiger partial charge < -0.3 is 10.2 Å². The highest BCUT2D eigenvalue weighted by atomic mass is 35.5. The molecule has 0 saturated heterocycles. The average molecular weight is 351 g/mol. The lowest BCUT2D eigenvalue weighted by molar-refractivity contribution is -0.137. The summed E-state index contributed by atoms with van der Waals surface area (Å²) in [5, 5.41) is 2.46. The molecule has 128 valence electrons. The number of nitrogens with one attached hydrogen (secondary N) is 1. The molecule has 0 bridgehead atoms. The van der Waals surface area contributed by atoms with Gasteiger partial charge in [0.25, 0.3) is 0 Å². The molecular formula is C15H18ClF3N2O2. The first-order chi connectivity index (χ1) is 10.5. The molecule has 0 aromatic heterocycles. The Morgan fingerprint density at radius 3 is 2.39 bits per heavy atom. The summed E-state index contributed by atoms with van der Waals surface area (Å²) < 4.78 is 39.4. The first kappa shape index (κ1) is 19.3. The summed E-state index contributed by atoms with van der Waals surface area (Å²) in [7, 11) is 0. The van der Waals surface area contributed by atoms with E-state index >= 15 is 0 Å². The van der Waals surface area contributed by atoms with E-state index in [1.807, 2.05) is 13.8 Å². The largest absolute Gasteiger partial charge is 0.418 e. The predicted octanol–water partition coefficient (Wildman–Crippen LogP) is 3.48. The molecule has 0 aliphatic heterocycles. The standard InChI is InChI=1S/C15H18ClF3N2O2/c1-9(2)7-20-14(23)8-21(10(3)22)13-5-4-11(16)6-12(13)15(17,18)19/h4-6,9H,7-8H2,1-3H3,(H,20,23). The van der Waals surface area contributed by atoms with Crippen LogP contribution in [0.15, 0.2) is 18.2 Å². The summed E-state index contributed by atoms with van der Waals surface area (Å²) in [4.78, 5) is 24.4. The predicted molar refractivity (Wildman–Crippen MR) is 82.3 cm³/mol. The Kier molecular flexibility index (Phi) is 6.44. The molecule has 8 heteroatoms. The van der Waals surface area contributed by atoms with E-state index < -0.39 is 35.8 Å². The molecule has 23 heavy (non-hydrogen) atoms. The van der Waals surface area contributed by atoms with E-state index in [1.165, 1.54) is 6.07 Å². The number of halogens is 4. The van der Waals surface area contributed by atoms with Gasteiger partial charge in [0.15, 0.2) is 0 Å². The molecule has 0 radical (unpaired) electrons. The Labute approximate surface area is 137 Å². The zero-order valence-corrected chi connectivity index (χ0v) is 13.8. The van der Waals surface area contributed by atoms with Crippen molar-refractivity contribution in [1.82, 2.24) is 5.32 Å². The molecule has 4 nitrogen and oxygen atoms in total. The van der Waals surface area contributed by atoms with Gasteiger partial charge in [-0.25, -0.2) is 0 Å². The molecule has 0 heterocycles. The van der Waals surface area contributed by atoms with E-state index in [4.69, 9.17) is 11.6 Å². The zero-order chi connectivity index (χ0) is 17.8. The number of benzene rings is 1. The van der Waals surface area contributed by atoms with Crippen LogP contribution in [0.25, 0.3) is 0 Å². The summed E-state index contributed by atoms with van der Waals surface area (Å²) >= 11 is 5.61. The first-order valence-electron chi connectivity index (χ1n) is 6.94. The number of hydrogen-bond acceptors (Lipinski definition) is 2. The second-order valence-corrected chi connectivity index (χ2v) is 5.90. The summed E-state index contributed by atoms with van der Waals surface area (Å²) in [6.45, 7) is 4.74. The van der Waals surface area contributed by atoms with Crippen molar-refractivity contribution in [2.75, 3.05) is 18.0 Å². The molecule has 1 rings (SSSR count). The fourth-order valence-corrected chi connectivity index (χ4v) is 2.03. The highest BCUT2D eigenvalue weighted by Crippen LogP contribution is 2.38. The molecule has 1 aromatic carbocycles. The second kappa shape index (κ2) is 7.68. The topological polar surface area (TPSA) is 49.4 Å². The minimum absolute atomic E-state index is 0.103. The van der Waals surface area contributed by atoms with Gasteiger partial charge in [0.1, 0.15) is 6.54 Å². The van der Waals surface area contributed by atoms with Crippen molar-refractivity contribution in [3.63, 3.8) is 0 Å². The highest BCUT2D eigenvalue weighted by Gasteiger charge is 2.36. The molecular weight excluding hydrogens is 333 g/mol. The zero-order valence-electron chi connectivity index (χ0n) is 13.0. The molecule has 2 amide bonds. The lowest BCUT2D eigenvalue weighted by Crippen LogP contribution is -2.41. The van der Waals surface area contributed by atoms with Crippen molar-refractivity contribution >= 4 is 29.1 Å². The summed E-state index contributed by atoms with van der Waals surface area (Å²) in [6.07, 6.45) is -4.69. The number of carbonyl (C=O) groups is 2. The maximum atomic E-state index is 13.1. The van der Waals surface area contributed by atoms with Crippen molar-refractivity contribution < 1.29 is 22.8 Å². The number of rotatable bonds is 5. The van der Waals surface area contributed by atoms with Crippen molar-refractivity contribution in [3.8, 4) is 0 Å². The Morgan fingerprint density at radius 1 is 1.30 bits per heavy atom. The van der Waals surface area contributed by atoms with Crippen LogP contribution in [0.4, 0.5) is 18.9 Å². The molecule has 0 aliphatic rings. The molecule has 1 N–H and O–H groups in total. The Hall–Kier alpha value is -1.76. The SMILES string of the molecule is CC(=O)N(CC(=O)NCC(C)C)c1ccc(Cl)cc1C(F)(F)F. The van der Waals surface area contributed by atoms with Gasteiger partial charge >= 0.3 is 6.18 Å². The van der Waals surface area contributed by atoms with Crippen LogP contribution >= 0.6 is 11.6 Å². The monoisotopic (exact) mass is 350 g/mol. The van der Waals surface area contributed by atoms with Crippen molar-refractivity contribution in [2.24, 2.45) is 5.92 Å². The molecule has 0 fully saturated rings. The summed E-state index contributed by atoms with van der Waals surface area (Å²) in [6, 6.07) is 3.06. The van der Waals surface area contributed by atoms with Gasteiger partial charge in [0.05, 0.1) is 11.3 Å². The van der Waals surface area contributed by atoms with Crippen molar-refractivity contribution in [3.05, 3.63) is 28.8 Å². The smallest absolute Gasteiger partial charge is 0.354 e. The van der Waals surface area contributed by atoms with E-state index in [1.54, 1.807) is 0 Å². The summed E-state index contributed by atoms with van der Waals surface area (Å²) in [5.41, 5.74) is -1.45. The van der Waals surface area contributed by atoms with Gasteiger partial charge in [-0.3, -0.25) is 9.59 Å². The van der Waals surface area contributed by atoms with E-state index in [9.17, 15) is 22.8 Å². The Bertz CT molecular complexity index is 589. The minimum Gasteiger partial charge on any atom is -0.354 e. The number of anilines is 1. The normalized spacial score (nSPS) is 11.5. The third kappa shape index (κ3) is 5.74. The van der Waals surface area contributed by atoms with Crippen molar-refractivity contribution in [2.45, 2.75) is 26.9 Å². The number of alkyl halides is 3. The summed E-state index contributed by atoms with van der Waals surface area (Å²) in [5.74, 6) is -1.01. The van der Waals surface area contributed by atoms with E-state index in [0.717, 1.165) is 24.0 Å². The molecule has 0 spiro atoms. The Morgan fingerprint density at radius 2 is 1.91 bits per heavy atom. The molecule has 1 aromatic rings. The van der Waals surface area contributed by atoms with Gasteiger partial charge in [-0.2, -0.15) is 13.2 Å². The number of amides is 2. The van der Waals surface area contributed by atoms with Gasteiger partial charge in [-0.05, 0) is 24.1 Å². The quantitative estimate of drug-likeness (QED) is 0.883. The molecule has 0 saturated carbocycles. The van der Waals surface area contributed by atoms with E-state index in [0.29, 0.717) is 6.54 Å². The number of hydrogen-bond donors (Lipinski definition) is 1. The third-order valence-corrected chi connectivity index (χ3v) is 3.18. The van der Waals surface area contributed by atoms with E-state index in [-0.39, 0.29) is 10.9 Å². The number of nitrogens with zero attached hydrogens (tertiary/aromatic N) is 1. The molecule has 0 aliphatic carbocycles. The van der Waals surface area contributed by atoms with Gasteiger partial charge in [0.2, 0.25) is 11.8 Å². The molecule has 0 atom stereocenters. The van der Waals surface area contributed by atoms with Crippen LogP contribution in [0.2, 0.25) is 5.02 Å². The fourth-order valence-electron chi connectivity index (χ4n) is 1.85. The van der Waals surface area contributed by atoms with Crippen LogP contribution in [0.1, 0.15) is 26.3 Å².